The van der Waals surface area contributed by atoms with E-state index < -0.39 is 10.0 Å². The van der Waals surface area contributed by atoms with Crippen LogP contribution >= 0.6 is 11.6 Å². The lowest BCUT2D eigenvalue weighted by atomic mass is 10.00. The summed E-state index contributed by atoms with van der Waals surface area (Å²) in [5.74, 6) is 0.643. The fraction of sp³-hybridized carbons (Fsp3) is 0.450. The number of nitrogens with zero attached hydrogens (tertiary/aromatic N) is 2. The van der Waals surface area contributed by atoms with Gasteiger partial charge in [-0.25, -0.2) is 8.42 Å². The maximum atomic E-state index is 13.2. The molecule has 27 heavy (non-hydrogen) atoms. The molecular formula is C20H23ClN2O3S. The van der Waals surface area contributed by atoms with E-state index in [4.69, 9.17) is 11.6 Å². The Morgan fingerprint density at radius 3 is 2.67 bits per heavy atom. The molecule has 1 saturated carbocycles. The summed E-state index contributed by atoms with van der Waals surface area (Å²) in [5, 5.41) is 0.577. The molecule has 2 heterocycles. The van der Waals surface area contributed by atoms with Crippen LogP contribution in [0.4, 0.5) is 0 Å². The Hall–Kier alpha value is -1.63. The zero-order valence-corrected chi connectivity index (χ0v) is 16.9. The summed E-state index contributed by atoms with van der Waals surface area (Å²) in [7, 11) is -3.26. The number of rotatable bonds is 5. The monoisotopic (exact) mass is 406 g/mol. The lowest BCUT2D eigenvalue weighted by molar-refractivity contribution is 0.378. The van der Waals surface area contributed by atoms with E-state index in [0.717, 1.165) is 36.2 Å². The summed E-state index contributed by atoms with van der Waals surface area (Å²) in [6.07, 6.45) is 2.88. The average molecular weight is 407 g/mol. The van der Waals surface area contributed by atoms with Crippen molar-refractivity contribution < 1.29 is 8.42 Å². The van der Waals surface area contributed by atoms with Crippen LogP contribution in [0.5, 0.6) is 0 Å². The number of aromatic nitrogens is 1. The summed E-state index contributed by atoms with van der Waals surface area (Å²) in [4.78, 5) is 13.2. The van der Waals surface area contributed by atoms with Gasteiger partial charge in [-0.15, -0.1) is 0 Å². The van der Waals surface area contributed by atoms with E-state index in [1.54, 1.807) is 19.1 Å². The lowest BCUT2D eigenvalue weighted by Gasteiger charge is -2.30. The second-order valence-corrected chi connectivity index (χ2v) is 10.1. The fourth-order valence-corrected chi connectivity index (χ4v) is 4.99. The van der Waals surface area contributed by atoms with E-state index in [2.05, 4.69) is 0 Å². The van der Waals surface area contributed by atoms with Crippen molar-refractivity contribution in [2.75, 3.05) is 12.3 Å². The van der Waals surface area contributed by atoms with Crippen molar-refractivity contribution in [3.8, 4) is 11.1 Å². The van der Waals surface area contributed by atoms with Crippen molar-refractivity contribution in [1.29, 1.82) is 0 Å². The largest absolute Gasteiger partial charge is 0.311 e. The van der Waals surface area contributed by atoms with Crippen molar-refractivity contribution >= 4 is 21.6 Å². The van der Waals surface area contributed by atoms with Gasteiger partial charge < -0.3 is 4.57 Å². The van der Waals surface area contributed by atoms with Gasteiger partial charge in [-0.1, -0.05) is 23.7 Å². The fourth-order valence-electron chi connectivity index (χ4n) is 3.73. The molecule has 1 aliphatic carbocycles. The zero-order valence-electron chi connectivity index (χ0n) is 15.3. The third kappa shape index (κ3) is 3.71. The predicted molar refractivity (Wildman–Crippen MR) is 107 cm³/mol. The number of benzene rings is 1. The minimum Gasteiger partial charge on any atom is -0.311 e. The maximum absolute atomic E-state index is 13.2. The van der Waals surface area contributed by atoms with Crippen LogP contribution in [0.3, 0.4) is 0 Å². The highest BCUT2D eigenvalue weighted by molar-refractivity contribution is 7.89. The Kier molecular flexibility index (Phi) is 4.91. The van der Waals surface area contributed by atoms with Gasteiger partial charge >= 0.3 is 0 Å². The molecule has 1 aromatic heterocycles. The van der Waals surface area contributed by atoms with Gasteiger partial charge in [0.1, 0.15) is 0 Å². The molecule has 0 saturated heterocycles. The molecule has 0 unspecified atom stereocenters. The van der Waals surface area contributed by atoms with Gasteiger partial charge in [0.05, 0.1) is 5.75 Å². The minimum absolute atomic E-state index is 0.00489. The highest BCUT2D eigenvalue weighted by Crippen LogP contribution is 2.33. The van der Waals surface area contributed by atoms with E-state index in [-0.39, 0.29) is 11.3 Å². The van der Waals surface area contributed by atoms with Gasteiger partial charge in [-0.2, -0.15) is 4.31 Å². The second-order valence-electron chi connectivity index (χ2n) is 7.38. The van der Waals surface area contributed by atoms with Gasteiger partial charge in [-0.05, 0) is 55.0 Å². The van der Waals surface area contributed by atoms with E-state index >= 15 is 0 Å². The van der Waals surface area contributed by atoms with Crippen LogP contribution in [0.25, 0.3) is 11.1 Å². The van der Waals surface area contributed by atoms with Crippen LogP contribution in [0, 0.1) is 5.92 Å². The Balaban J connectivity index is 1.84. The average Bonchev–Trinajstić information content (AvgIpc) is 3.47. The Labute approximate surface area is 164 Å². The zero-order chi connectivity index (χ0) is 19.2. The van der Waals surface area contributed by atoms with Gasteiger partial charge in [-0.3, -0.25) is 4.79 Å². The number of hydrogen-bond acceptors (Lipinski definition) is 3. The van der Waals surface area contributed by atoms with E-state index in [1.165, 1.54) is 4.31 Å². The molecule has 0 N–H and O–H groups in total. The number of pyridine rings is 1. The Morgan fingerprint density at radius 2 is 2.00 bits per heavy atom. The standard InChI is InChI=1S/C20H23ClN2O3S/c1-2-27(25,26)22-9-8-19-16(13-22)11-18(15-4-3-5-17(21)10-15)20(24)23(19)12-14-6-7-14/h3-5,10-11,14H,2,6-9,12-13H2,1H3. The molecule has 1 aliphatic heterocycles. The SMILES string of the molecule is CCS(=O)(=O)N1CCc2c(cc(-c3cccc(Cl)c3)c(=O)n2CC2CC2)C1. The topological polar surface area (TPSA) is 59.4 Å². The number of hydrogen-bond donors (Lipinski definition) is 0. The van der Waals surface area contributed by atoms with Crippen LogP contribution in [-0.4, -0.2) is 29.6 Å². The van der Waals surface area contributed by atoms with Crippen LogP contribution in [0.2, 0.25) is 5.02 Å². The Morgan fingerprint density at radius 1 is 1.22 bits per heavy atom. The van der Waals surface area contributed by atoms with Crippen molar-refractivity contribution in [1.82, 2.24) is 8.87 Å². The van der Waals surface area contributed by atoms with Crippen LogP contribution < -0.4 is 5.56 Å². The molecule has 0 radical (unpaired) electrons. The number of fused-ring (bicyclic) bond motifs is 1. The van der Waals surface area contributed by atoms with Gasteiger partial charge in [0.15, 0.2) is 0 Å². The highest BCUT2D eigenvalue weighted by Gasteiger charge is 2.30. The van der Waals surface area contributed by atoms with E-state index in [1.807, 2.05) is 22.8 Å². The molecule has 0 amide bonds. The minimum atomic E-state index is -3.26. The molecule has 0 spiro atoms. The van der Waals surface area contributed by atoms with Gasteiger partial charge in [0, 0.05) is 42.3 Å². The molecule has 0 bridgehead atoms. The first-order valence-corrected chi connectivity index (χ1v) is 11.4. The summed E-state index contributed by atoms with van der Waals surface area (Å²) in [6, 6.07) is 9.14. The first kappa shape index (κ1) is 18.7. The third-order valence-electron chi connectivity index (χ3n) is 5.47. The van der Waals surface area contributed by atoms with Crippen molar-refractivity contribution in [3.63, 3.8) is 0 Å². The molecule has 144 valence electrons. The molecular weight excluding hydrogens is 384 g/mol. The Bertz CT molecular complexity index is 1040. The quantitative estimate of drug-likeness (QED) is 0.765. The smallest absolute Gasteiger partial charge is 0.258 e. The summed E-state index contributed by atoms with van der Waals surface area (Å²) in [5.41, 5.74) is 3.27. The predicted octanol–water partition coefficient (Wildman–Crippen LogP) is 3.29. The van der Waals surface area contributed by atoms with Crippen LogP contribution in [0.15, 0.2) is 35.1 Å². The lowest BCUT2D eigenvalue weighted by Crippen LogP contribution is -2.40. The summed E-state index contributed by atoms with van der Waals surface area (Å²) < 4.78 is 28.1. The number of halogens is 1. The molecule has 5 nitrogen and oxygen atoms in total. The van der Waals surface area contributed by atoms with Crippen LogP contribution in [0.1, 0.15) is 31.0 Å². The van der Waals surface area contributed by atoms with E-state index in [9.17, 15) is 13.2 Å². The van der Waals surface area contributed by atoms with Crippen molar-refractivity contribution in [3.05, 3.63) is 57.0 Å². The maximum Gasteiger partial charge on any atom is 0.258 e. The normalized spacial score (nSPS) is 17.7. The first-order chi connectivity index (χ1) is 12.9. The van der Waals surface area contributed by atoms with Crippen molar-refractivity contribution in [2.45, 2.75) is 39.3 Å². The molecule has 0 atom stereocenters. The molecule has 7 heteroatoms. The van der Waals surface area contributed by atoms with Gasteiger partial charge in [0.25, 0.3) is 5.56 Å². The second kappa shape index (κ2) is 7.08. The van der Waals surface area contributed by atoms with Crippen molar-refractivity contribution in [2.24, 2.45) is 5.92 Å². The molecule has 2 aromatic rings. The summed E-state index contributed by atoms with van der Waals surface area (Å²) in [6.45, 7) is 3.14. The van der Waals surface area contributed by atoms with Crippen LogP contribution in [-0.2, 0) is 29.5 Å². The van der Waals surface area contributed by atoms with E-state index in [0.29, 0.717) is 36.0 Å². The summed E-state index contributed by atoms with van der Waals surface area (Å²) >= 11 is 6.13. The van der Waals surface area contributed by atoms with Gasteiger partial charge in [0.2, 0.25) is 10.0 Å². The molecule has 1 aromatic carbocycles. The first-order valence-electron chi connectivity index (χ1n) is 9.38. The number of sulfonamides is 1. The molecule has 1 fully saturated rings. The molecule has 2 aliphatic rings. The third-order valence-corrected chi connectivity index (χ3v) is 7.53. The molecule has 4 rings (SSSR count). The highest BCUT2D eigenvalue weighted by atomic mass is 35.5.